The minimum Gasteiger partial charge on any atom is -0.386 e. The molecule has 2 aliphatic rings. The third kappa shape index (κ3) is 4.40. The van der Waals surface area contributed by atoms with Gasteiger partial charge in [-0.3, -0.25) is 14.6 Å². The number of nitrogens with one attached hydrogen (secondary N) is 1. The van der Waals surface area contributed by atoms with Crippen LogP contribution in [0.4, 0.5) is 0 Å². The highest BCUT2D eigenvalue weighted by atomic mass is 35.5. The number of oxime groups is 1. The molecule has 1 atom stereocenters. The molecule has 2 aromatic rings. The standard InChI is InChI=1S/C21H21ClN4O3/c22-17-6-1-5-16(10-17)20(28)26-9-3-7-21(14-26)11-18(25-29-21)19(27)24-13-15-4-2-8-23-12-15/h1-2,4-6,8,10,12H,3,7,9,11,13-14H2,(H,24,27)/t21-/m1/s1. The van der Waals surface area contributed by atoms with Gasteiger partial charge in [-0.25, -0.2) is 0 Å². The van der Waals surface area contributed by atoms with Crippen molar-refractivity contribution in [3.63, 3.8) is 0 Å². The molecule has 0 bridgehead atoms. The van der Waals surface area contributed by atoms with Crippen LogP contribution in [0.2, 0.25) is 5.02 Å². The van der Waals surface area contributed by atoms with Gasteiger partial charge < -0.3 is 15.1 Å². The van der Waals surface area contributed by atoms with Crippen LogP contribution in [0.15, 0.2) is 53.9 Å². The summed E-state index contributed by atoms with van der Waals surface area (Å²) >= 11 is 6.01. The Hall–Kier alpha value is -2.93. The number of aromatic nitrogens is 1. The third-order valence-electron chi connectivity index (χ3n) is 5.18. The van der Waals surface area contributed by atoms with Crippen LogP contribution in [-0.2, 0) is 16.2 Å². The van der Waals surface area contributed by atoms with E-state index in [0.29, 0.717) is 42.4 Å². The number of carbonyl (C=O) groups is 2. The van der Waals surface area contributed by atoms with Gasteiger partial charge in [0.05, 0.1) is 6.54 Å². The van der Waals surface area contributed by atoms with E-state index >= 15 is 0 Å². The van der Waals surface area contributed by atoms with Crippen LogP contribution in [0.1, 0.15) is 35.2 Å². The van der Waals surface area contributed by atoms with Crippen LogP contribution in [-0.4, -0.2) is 46.1 Å². The van der Waals surface area contributed by atoms with E-state index in [1.165, 1.54) is 0 Å². The van der Waals surface area contributed by atoms with E-state index < -0.39 is 5.60 Å². The highest BCUT2D eigenvalue weighted by molar-refractivity contribution is 6.39. The van der Waals surface area contributed by atoms with Crippen molar-refractivity contribution in [3.8, 4) is 0 Å². The normalized spacial score (nSPS) is 20.9. The van der Waals surface area contributed by atoms with E-state index in [4.69, 9.17) is 16.4 Å². The highest BCUT2D eigenvalue weighted by Gasteiger charge is 2.45. The molecule has 1 aromatic carbocycles. The number of likely N-dealkylation sites (tertiary alicyclic amines) is 1. The van der Waals surface area contributed by atoms with Gasteiger partial charge in [-0.1, -0.05) is 28.9 Å². The van der Waals surface area contributed by atoms with Crippen molar-refractivity contribution in [1.29, 1.82) is 0 Å². The number of carbonyl (C=O) groups excluding carboxylic acids is 2. The van der Waals surface area contributed by atoms with Gasteiger partial charge >= 0.3 is 0 Å². The Labute approximate surface area is 173 Å². The first-order valence-corrected chi connectivity index (χ1v) is 9.89. The monoisotopic (exact) mass is 412 g/mol. The molecule has 150 valence electrons. The van der Waals surface area contributed by atoms with Gasteiger partial charge in [-0.05, 0) is 42.7 Å². The molecular formula is C21H21ClN4O3. The molecule has 1 fully saturated rings. The lowest BCUT2D eigenvalue weighted by molar-refractivity contribution is -0.115. The number of hydrogen-bond donors (Lipinski definition) is 1. The zero-order valence-corrected chi connectivity index (χ0v) is 16.6. The quantitative estimate of drug-likeness (QED) is 0.836. The zero-order valence-electron chi connectivity index (χ0n) is 15.8. The number of piperidine rings is 1. The van der Waals surface area contributed by atoms with Gasteiger partial charge in [-0.2, -0.15) is 0 Å². The molecule has 1 saturated heterocycles. The van der Waals surface area contributed by atoms with E-state index in [0.717, 1.165) is 18.4 Å². The highest BCUT2D eigenvalue weighted by Crippen LogP contribution is 2.34. The fraction of sp³-hybridized carbons (Fsp3) is 0.333. The maximum Gasteiger partial charge on any atom is 0.269 e. The van der Waals surface area contributed by atoms with Crippen molar-refractivity contribution in [3.05, 3.63) is 64.9 Å². The summed E-state index contributed by atoms with van der Waals surface area (Å²) in [5.41, 5.74) is 1.16. The SMILES string of the molecule is O=C(NCc1cccnc1)C1=NO[C@]2(CCCN(C(=O)c3cccc(Cl)c3)C2)C1. The van der Waals surface area contributed by atoms with Crippen molar-refractivity contribution < 1.29 is 14.4 Å². The molecule has 1 spiro atoms. The summed E-state index contributed by atoms with van der Waals surface area (Å²) in [6.07, 6.45) is 5.30. The maximum atomic E-state index is 12.9. The second-order valence-electron chi connectivity index (χ2n) is 7.37. The van der Waals surface area contributed by atoms with Crippen LogP contribution < -0.4 is 5.32 Å². The number of rotatable bonds is 4. The Morgan fingerprint density at radius 1 is 1.28 bits per heavy atom. The first-order valence-electron chi connectivity index (χ1n) is 9.52. The van der Waals surface area contributed by atoms with Crippen molar-refractivity contribution in [2.24, 2.45) is 5.16 Å². The molecule has 0 radical (unpaired) electrons. The number of halogens is 1. The minimum absolute atomic E-state index is 0.0929. The Morgan fingerprint density at radius 3 is 2.97 bits per heavy atom. The average molecular weight is 413 g/mol. The Kier molecular flexibility index (Phi) is 5.49. The molecule has 0 aliphatic carbocycles. The Bertz CT molecular complexity index is 950. The van der Waals surface area contributed by atoms with Gasteiger partial charge in [0.1, 0.15) is 5.71 Å². The molecule has 29 heavy (non-hydrogen) atoms. The number of amides is 2. The van der Waals surface area contributed by atoms with Crippen LogP contribution in [0, 0.1) is 0 Å². The van der Waals surface area contributed by atoms with E-state index in [-0.39, 0.29) is 11.8 Å². The predicted octanol–water partition coefficient (Wildman–Crippen LogP) is 2.80. The van der Waals surface area contributed by atoms with E-state index in [1.807, 2.05) is 12.1 Å². The van der Waals surface area contributed by atoms with Gasteiger partial charge in [0.15, 0.2) is 5.60 Å². The Balaban J connectivity index is 1.37. The second-order valence-corrected chi connectivity index (χ2v) is 7.81. The maximum absolute atomic E-state index is 12.9. The van der Waals surface area contributed by atoms with Crippen molar-refractivity contribution >= 4 is 29.1 Å². The Morgan fingerprint density at radius 2 is 2.17 bits per heavy atom. The number of benzene rings is 1. The first-order chi connectivity index (χ1) is 14.0. The lowest BCUT2D eigenvalue weighted by Gasteiger charge is -2.38. The van der Waals surface area contributed by atoms with Gasteiger partial charge in [-0.15, -0.1) is 0 Å². The largest absolute Gasteiger partial charge is 0.386 e. The lowest BCUT2D eigenvalue weighted by atomic mass is 9.87. The topological polar surface area (TPSA) is 83.9 Å². The second kappa shape index (κ2) is 8.21. The molecular weight excluding hydrogens is 392 g/mol. The van der Waals surface area contributed by atoms with Gasteiger partial charge in [0.2, 0.25) is 0 Å². The summed E-state index contributed by atoms with van der Waals surface area (Å²) in [6.45, 7) is 1.40. The molecule has 1 aromatic heterocycles. The summed E-state index contributed by atoms with van der Waals surface area (Å²) in [4.78, 5) is 36.8. The zero-order chi connectivity index (χ0) is 20.3. The van der Waals surface area contributed by atoms with Crippen molar-refractivity contribution in [2.45, 2.75) is 31.4 Å². The predicted molar refractivity (Wildman–Crippen MR) is 109 cm³/mol. The molecule has 0 saturated carbocycles. The summed E-state index contributed by atoms with van der Waals surface area (Å²) in [7, 11) is 0. The minimum atomic E-state index is -0.645. The van der Waals surface area contributed by atoms with Crippen molar-refractivity contribution in [2.75, 3.05) is 13.1 Å². The smallest absolute Gasteiger partial charge is 0.269 e. The van der Waals surface area contributed by atoms with E-state index in [9.17, 15) is 9.59 Å². The fourth-order valence-electron chi connectivity index (χ4n) is 3.72. The lowest BCUT2D eigenvalue weighted by Crippen LogP contribution is -2.51. The molecule has 7 nitrogen and oxygen atoms in total. The molecule has 0 unspecified atom stereocenters. The van der Waals surface area contributed by atoms with Crippen LogP contribution in [0.5, 0.6) is 0 Å². The molecule has 4 rings (SSSR count). The molecule has 3 heterocycles. The summed E-state index contributed by atoms with van der Waals surface area (Å²) in [5, 5.41) is 7.40. The van der Waals surface area contributed by atoms with Crippen LogP contribution >= 0.6 is 11.6 Å². The summed E-state index contributed by atoms with van der Waals surface area (Å²) in [5.74, 6) is -0.353. The number of hydrogen-bond acceptors (Lipinski definition) is 5. The van der Waals surface area contributed by atoms with Crippen LogP contribution in [0.25, 0.3) is 0 Å². The third-order valence-corrected chi connectivity index (χ3v) is 5.41. The first kappa shape index (κ1) is 19.4. The number of pyridine rings is 1. The van der Waals surface area contributed by atoms with Crippen molar-refractivity contribution in [1.82, 2.24) is 15.2 Å². The fourth-order valence-corrected chi connectivity index (χ4v) is 3.91. The molecule has 2 amide bonds. The molecule has 2 aliphatic heterocycles. The molecule has 8 heteroatoms. The van der Waals surface area contributed by atoms with E-state index in [1.54, 1.807) is 41.6 Å². The van der Waals surface area contributed by atoms with Gasteiger partial charge in [0.25, 0.3) is 11.8 Å². The number of nitrogens with zero attached hydrogens (tertiary/aromatic N) is 3. The van der Waals surface area contributed by atoms with E-state index in [2.05, 4.69) is 15.5 Å². The average Bonchev–Trinajstić information content (AvgIpc) is 3.15. The summed E-state index contributed by atoms with van der Waals surface area (Å²) < 4.78 is 0. The van der Waals surface area contributed by atoms with Gasteiger partial charge in [0, 0.05) is 42.5 Å². The summed E-state index contributed by atoms with van der Waals surface area (Å²) in [6, 6.07) is 10.6. The van der Waals surface area contributed by atoms with Crippen LogP contribution in [0.3, 0.4) is 0 Å². The molecule has 1 N–H and O–H groups in total.